The number of benzene rings is 2. The summed E-state index contributed by atoms with van der Waals surface area (Å²) in [6.45, 7) is 3.64. The van der Waals surface area contributed by atoms with Crippen molar-refractivity contribution in [2.45, 2.75) is 12.8 Å². The summed E-state index contributed by atoms with van der Waals surface area (Å²) in [6.07, 6.45) is 4.09. The zero-order valence-electron chi connectivity index (χ0n) is 16.6. The minimum atomic E-state index is -0.164. The molecule has 3 aromatic rings. The van der Waals surface area contributed by atoms with E-state index in [2.05, 4.69) is 10.2 Å². The maximum absolute atomic E-state index is 13.0. The van der Waals surface area contributed by atoms with Crippen LogP contribution in [0.25, 0.3) is 16.5 Å². The van der Waals surface area contributed by atoms with Gasteiger partial charge in [0.1, 0.15) is 5.75 Å². The van der Waals surface area contributed by atoms with Gasteiger partial charge < -0.3 is 15.0 Å². The lowest BCUT2D eigenvalue weighted by atomic mass is 10.1. The molecule has 1 fully saturated rings. The first kappa shape index (κ1) is 19.2. The SMILES string of the molecule is COc1ccc(-n2cc(C(=O)NCCN3CCCC3)c3ccccc3c2=O)cc1. The molecule has 6 nitrogen and oxygen atoms in total. The van der Waals surface area contributed by atoms with Crippen LogP contribution in [0, 0.1) is 0 Å². The fourth-order valence-electron chi connectivity index (χ4n) is 3.84. The van der Waals surface area contributed by atoms with Gasteiger partial charge in [0.15, 0.2) is 0 Å². The fraction of sp³-hybridized carbons (Fsp3) is 0.304. The molecule has 2 aromatic carbocycles. The fourth-order valence-corrected chi connectivity index (χ4v) is 3.84. The van der Waals surface area contributed by atoms with Gasteiger partial charge in [-0.3, -0.25) is 14.2 Å². The lowest BCUT2D eigenvalue weighted by molar-refractivity contribution is 0.0951. The Bertz CT molecular complexity index is 1070. The average molecular weight is 391 g/mol. The van der Waals surface area contributed by atoms with Gasteiger partial charge in [-0.2, -0.15) is 0 Å². The van der Waals surface area contributed by atoms with Gasteiger partial charge in [0.05, 0.1) is 12.7 Å². The van der Waals surface area contributed by atoms with Crippen LogP contribution in [0.3, 0.4) is 0 Å². The monoisotopic (exact) mass is 391 g/mol. The maximum atomic E-state index is 13.0. The van der Waals surface area contributed by atoms with Crippen LogP contribution in [0.5, 0.6) is 5.75 Å². The van der Waals surface area contributed by atoms with Crippen molar-refractivity contribution in [1.29, 1.82) is 0 Å². The second-order valence-corrected chi connectivity index (χ2v) is 7.27. The minimum absolute atomic E-state index is 0.153. The number of amides is 1. The van der Waals surface area contributed by atoms with E-state index in [9.17, 15) is 9.59 Å². The van der Waals surface area contributed by atoms with Crippen LogP contribution in [0.1, 0.15) is 23.2 Å². The first-order valence-electron chi connectivity index (χ1n) is 9.97. The second-order valence-electron chi connectivity index (χ2n) is 7.27. The maximum Gasteiger partial charge on any atom is 0.262 e. The van der Waals surface area contributed by atoms with E-state index in [1.807, 2.05) is 30.3 Å². The number of carbonyl (C=O) groups excluding carboxylic acids is 1. The van der Waals surface area contributed by atoms with Crippen LogP contribution < -0.4 is 15.6 Å². The number of hydrogen-bond acceptors (Lipinski definition) is 4. The highest BCUT2D eigenvalue weighted by atomic mass is 16.5. The quantitative estimate of drug-likeness (QED) is 0.702. The molecule has 1 aliphatic heterocycles. The number of rotatable bonds is 6. The number of carbonyl (C=O) groups is 1. The molecule has 1 aromatic heterocycles. The van der Waals surface area contributed by atoms with Gasteiger partial charge in [0.2, 0.25) is 0 Å². The second kappa shape index (κ2) is 8.49. The Kier molecular flexibility index (Phi) is 5.62. The molecule has 1 aliphatic rings. The van der Waals surface area contributed by atoms with Gasteiger partial charge >= 0.3 is 0 Å². The number of nitrogens with one attached hydrogen (secondary N) is 1. The molecule has 0 saturated carbocycles. The molecule has 150 valence electrons. The van der Waals surface area contributed by atoms with E-state index in [4.69, 9.17) is 4.74 Å². The first-order chi connectivity index (χ1) is 14.2. The van der Waals surface area contributed by atoms with Gasteiger partial charge in [-0.1, -0.05) is 18.2 Å². The Morgan fingerprint density at radius 1 is 1.03 bits per heavy atom. The Labute approximate surface area is 169 Å². The molecular formula is C23H25N3O3. The van der Waals surface area contributed by atoms with Gasteiger partial charge in [-0.15, -0.1) is 0 Å². The van der Waals surface area contributed by atoms with Gasteiger partial charge in [-0.25, -0.2) is 0 Å². The highest BCUT2D eigenvalue weighted by Crippen LogP contribution is 2.19. The first-order valence-corrected chi connectivity index (χ1v) is 9.97. The van der Waals surface area contributed by atoms with Crippen molar-refractivity contribution in [3.05, 3.63) is 70.6 Å². The highest BCUT2D eigenvalue weighted by Gasteiger charge is 2.16. The number of pyridine rings is 1. The molecule has 4 rings (SSSR count). The van der Waals surface area contributed by atoms with Gasteiger partial charge in [0, 0.05) is 35.7 Å². The van der Waals surface area contributed by atoms with E-state index >= 15 is 0 Å². The number of nitrogens with zero attached hydrogens (tertiary/aromatic N) is 2. The Balaban J connectivity index is 1.67. The molecule has 1 amide bonds. The molecule has 0 unspecified atom stereocenters. The summed E-state index contributed by atoms with van der Waals surface area (Å²) in [5, 5.41) is 4.21. The number of aromatic nitrogens is 1. The largest absolute Gasteiger partial charge is 0.497 e. The molecule has 0 bridgehead atoms. The zero-order valence-corrected chi connectivity index (χ0v) is 16.6. The minimum Gasteiger partial charge on any atom is -0.497 e. The summed E-state index contributed by atoms with van der Waals surface area (Å²) >= 11 is 0. The average Bonchev–Trinajstić information content (AvgIpc) is 3.28. The molecule has 29 heavy (non-hydrogen) atoms. The predicted molar refractivity (Wildman–Crippen MR) is 114 cm³/mol. The van der Waals surface area contributed by atoms with Crippen molar-refractivity contribution in [3.63, 3.8) is 0 Å². The third-order valence-electron chi connectivity index (χ3n) is 5.43. The molecule has 1 N–H and O–H groups in total. The van der Waals surface area contributed by atoms with Gasteiger partial charge in [0.25, 0.3) is 11.5 Å². The van der Waals surface area contributed by atoms with Crippen LogP contribution >= 0.6 is 0 Å². The molecule has 0 radical (unpaired) electrons. The third-order valence-corrected chi connectivity index (χ3v) is 5.43. The lowest BCUT2D eigenvalue weighted by Gasteiger charge is -2.16. The van der Waals surface area contributed by atoms with Crippen molar-refractivity contribution >= 4 is 16.7 Å². The number of ether oxygens (including phenoxy) is 1. The Morgan fingerprint density at radius 3 is 2.41 bits per heavy atom. The molecule has 0 aliphatic carbocycles. The van der Waals surface area contributed by atoms with Crippen molar-refractivity contribution in [3.8, 4) is 11.4 Å². The number of likely N-dealkylation sites (tertiary alicyclic amines) is 1. The van der Waals surface area contributed by atoms with Crippen LogP contribution in [-0.2, 0) is 0 Å². The topological polar surface area (TPSA) is 63.6 Å². The van der Waals surface area contributed by atoms with E-state index < -0.39 is 0 Å². The van der Waals surface area contributed by atoms with Gasteiger partial charge in [-0.05, 0) is 56.3 Å². The summed E-state index contributed by atoms with van der Waals surface area (Å²) in [4.78, 5) is 28.4. The number of fused-ring (bicyclic) bond motifs is 1. The molecule has 1 saturated heterocycles. The Hall–Kier alpha value is -3.12. The molecule has 6 heteroatoms. The van der Waals surface area contributed by atoms with E-state index in [1.165, 1.54) is 17.4 Å². The summed E-state index contributed by atoms with van der Waals surface area (Å²) in [7, 11) is 1.60. The molecule has 0 spiro atoms. The van der Waals surface area contributed by atoms with E-state index in [1.54, 1.807) is 31.5 Å². The lowest BCUT2D eigenvalue weighted by Crippen LogP contribution is -2.34. The molecule has 0 atom stereocenters. The van der Waals surface area contributed by atoms with Crippen molar-refractivity contribution in [1.82, 2.24) is 14.8 Å². The summed E-state index contributed by atoms with van der Waals surface area (Å²) in [5.41, 5.74) is 1.03. The predicted octanol–water partition coefficient (Wildman–Crippen LogP) is 2.82. The smallest absolute Gasteiger partial charge is 0.262 e. The standard InChI is InChI=1S/C23H25N3O3/c1-29-18-10-8-17(9-11-18)26-16-21(19-6-2-3-7-20(19)23(26)28)22(27)24-12-15-25-13-4-5-14-25/h2-3,6-11,16H,4-5,12-15H2,1H3,(H,24,27). The van der Waals surface area contributed by atoms with Crippen LogP contribution in [0.2, 0.25) is 0 Å². The molecular weight excluding hydrogens is 366 g/mol. The normalized spacial score (nSPS) is 14.2. The van der Waals surface area contributed by atoms with E-state index in [0.29, 0.717) is 34.3 Å². The number of methoxy groups -OCH3 is 1. The zero-order chi connectivity index (χ0) is 20.2. The summed E-state index contributed by atoms with van der Waals surface area (Å²) in [5.74, 6) is 0.546. The summed E-state index contributed by atoms with van der Waals surface area (Å²) in [6, 6.07) is 14.5. The Morgan fingerprint density at radius 2 is 1.72 bits per heavy atom. The van der Waals surface area contributed by atoms with Crippen molar-refractivity contribution in [2.75, 3.05) is 33.3 Å². The van der Waals surface area contributed by atoms with Crippen LogP contribution in [-0.4, -0.2) is 48.7 Å². The van der Waals surface area contributed by atoms with E-state index in [-0.39, 0.29) is 11.5 Å². The van der Waals surface area contributed by atoms with E-state index in [0.717, 1.165) is 19.6 Å². The van der Waals surface area contributed by atoms with Crippen molar-refractivity contribution < 1.29 is 9.53 Å². The van der Waals surface area contributed by atoms with Crippen molar-refractivity contribution in [2.24, 2.45) is 0 Å². The molecule has 2 heterocycles. The third kappa shape index (κ3) is 4.03. The van der Waals surface area contributed by atoms with Crippen LogP contribution in [0.4, 0.5) is 0 Å². The highest BCUT2D eigenvalue weighted by molar-refractivity contribution is 6.06. The van der Waals surface area contributed by atoms with Crippen LogP contribution in [0.15, 0.2) is 59.5 Å². The summed E-state index contributed by atoms with van der Waals surface area (Å²) < 4.78 is 6.72. The number of hydrogen-bond donors (Lipinski definition) is 1.